The summed E-state index contributed by atoms with van der Waals surface area (Å²) in [6, 6.07) is 11.1. The number of aryl methyl sites for hydroxylation is 1. The van der Waals surface area contributed by atoms with Gasteiger partial charge in [-0.1, -0.05) is 22.9 Å². The molecule has 2 aliphatic rings. The van der Waals surface area contributed by atoms with Gasteiger partial charge in [-0.05, 0) is 44.0 Å². The lowest BCUT2D eigenvalue weighted by atomic mass is 9.87. The second-order valence-electron chi connectivity index (χ2n) is 7.38. The van der Waals surface area contributed by atoms with E-state index in [0.717, 1.165) is 18.4 Å². The van der Waals surface area contributed by atoms with Crippen LogP contribution in [0.3, 0.4) is 0 Å². The van der Waals surface area contributed by atoms with Gasteiger partial charge in [0.2, 0.25) is 0 Å². The average molecular weight is 378 g/mol. The first-order valence-electron chi connectivity index (χ1n) is 9.37. The van der Waals surface area contributed by atoms with Crippen molar-refractivity contribution in [3.63, 3.8) is 0 Å². The van der Waals surface area contributed by atoms with Crippen molar-refractivity contribution in [2.75, 3.05) is 18.4 Å². The SMILES string of the molecule is Cc1cccc(C(=O)N2CCCC3(CC(C(=O)Nc4cccnc4)=NO3)C2)c1. The highest BCUT2D eigenvalue weighted by molar-refractivity contribution is 6.43. The monoisotopic (exact) mass is 378 g/mol. The molecule has 4 rings (SSSR count). The largest absolute Gasteiger partial charge is 0.386 e. The van der Waals surface area contributed by atoms with E-state index in [-0.39, 0.29) is 11.8 Å². The van der Waals surface area contributed by atoms with Crippen molar-refractivity contribution < 1.29 is 14.4 Å². The third kappa shape index (κ3) is 3.74. The molecule has 7 nitrogen and oxygen atoms in total. The molecular formula is C21H22N4O3. The molecule has 1 N–H and O–H groups in total. The maximum Gasteiger partial charge on any atom is 0.273 e. The molecule has 2 aliphatic heterocycles. The zero-order valence-corrected chi connectivity index (χ0v) is 15.7. The van der Waals surface area contributed by atoms with Crippen molar-refractivity contribution >= 4 is 23.2 Å². The maximum atomic E-state index is 12.9. The number of aromatic nitrogens is 1. The highest BCUT2D eigenvalue weighted by atomic mass is 16.7. The molecule has 1 fully saturated rings. The lowest BCUT2D eigenvalue weighted by Gasteiger charge is -2.38. The standard InChI is InChI=1S/C21H22N4O3/c1-15-5-2-6-16(11-15)20(27)25-10-4-8-21(14-25)12-18(24-28-21)19(26)23-17-7-3-9-22-13-17/h2-3,5-7,9,11,13H,4,8,10,12,14H2,1H3,(H,23,26). The molecule has 1 saturated heterocycles. The van der Waals surface area contributed by atoms with E-state index in [9.17, 15) is 9.59 Å². The number of piperidine rings is 1. The number of benzene rings is 1. The summed E-state index contributed by atoms with van der Waals surface area (Å²) in [5.41, 5.74) is 2.04. The van der Waals surface area contributed by atoms with Gasteiger partial charge < -0.3 is 15.1 Å². The molecule has 3 heterocycles. The minimum Gasteiger partial charge on any atom is -0.386 e. The molecule has 0 saturated carbocycles. The third-order valence-corrected chi connectivity index (χ3v) is 5.11. The fourth-order valence-corrected chi connectivity index (χ4v) is 3.73. The summed E-state index contributed by atoms with van der Waals surface area (Å²) >= 11 is 0. The Hall–Kier alpha value is -3.22. The molecule has 1 spiro atoms. The number of oxime groups is 1. The van der Waals surface area contributed by atoms with Gasteiger partial charge in [0.15, 0.2) is 5.60 Å². The summed E-state index contributed by atoms with van der Waals surface area (Å²) in [5.74, 6) is -0.313. The van der Waals surface area contributed by atoms with E-state index in [1.165, 1.54) is 0 Å². The number of rotatable bonds is 3. The van der Waals surface area contributed by atoms with Crippen molar-refractivity contribution in [1.82, 2.24) is 9.88 Å². The van der Waals surface area contributed by atoms with Gasteiger partial charge in [0.25, 0.3) is 11.8 Å². The van der Waals surface area contributed by atoms with E-state index < -0.39 is 5.60 Å². The minimum atomic E-state index is -0.626. The first-order chi connectivity index (χ1) is 13.5. The molecule has 1 aromatic heterocycles. The molecule has 0 radical (unpaired) electrons. The van der Waals surface area contributed by atoms with Crippen LogP contribution in [0.1, 0.15) is 35.2 Å². The molecule has 2 amide bonds. The number of anilines is 1. The Morgan fingerprint density at radius 2 is 2.14 bits per heavy atom. The van der Waals surface area contributed by atoms with Crippen LogP contribution < -0.4 is 5.32 Å². The number of nitrogens with zero attached hydrogens (tertiary/aromatic N) is 3. The van der Waals surface area contributed by atoms with E-state index >= 15 is 0 Å². The van der Waals surface area contributed by atoms with Gasteiger partial charge in [-0.15, -0.1) is 0 Å². The van der Waals surface area contributed by atoms with Crippen molar-refractivity contribution in [3.8, 4) is 0 Å². The van der Waals surface area contributed by atoms with Crippen LogP contribution in [0.25, 0.3) is 0 Å². The fraction of sp³-hybridized carbons (Fsp3) is 0.333. The predicted molar refractivity (Wildman–Crippen MR) is 105 cm³/mol. The van der Waals surface area contributed by atoms with E-state index in [2.05, 4.69) is 15.5 Å². The van der Waals surface area contributed by atoms with E-state index in [0.29, 0.717) is 36.5 Å². The van der Waals surface area contributed by atoms with Crippen molar-refractivity contribution in [1.29, 1.82) is 0 Å². The highest BCUT2D eigenvalue weighted by Gasteiger charge is 2.45. The van der Waals surface area contributed by atoms with Gasteiger partial charge in [-0.25, -0.2) is 0 Å². The summed E-state index contributed by atoms with van der Waals surface area (Å²) in [6.45, 7) is 3.07. The van der Waals surface area contributed by atoms with Gasteiger partial charge in [0.05, 0.1) is 18.4 Å². The summed E-state index contributed by atoms with van der Waals surface area (Å²) < 4.78 is 0. The van der Waals surface area contributed by atoms with Gasteiger partial charge in [-0.3, -0.25) is 14.6 Å². The predicted octanol–water partition coefficient (Wildman–Crippen LogP) is 2.78. The van der Waals surface area contributed by atoms with Crippen LogP contribution in [0.4, 0.5) is 5.69 Å². The number of carbonyl (C=O) groups excluding carboxylic acids is 2. The van der Waals surface area contributed by atoms with Crippen LogP contribution in [0, 0.1) is 6.92 Å². The summed E-state index contributed by atoms with van der Waals surface area (Å²) in [4.78, 5) is 36.9. The Kier molecular flexibility index (Phi) is 4.81. The van der Waals surface area contributed by atoms with Crippen LogP contribution in [0.15, 0.2) is 53.9 Å². The molecule has 1 aromatic carbocycles. The highest BCUT2D eigenvalue weighted by Crippen LogP contribution is 2.34. The first-order valence-corrected chi connectivity index (χ1v) is 9.37. The minimum absolute atomic E-state index is 0.0142. The molecule has 144 valence electrons. The fourth-order valence-electron chi connectivity index (χ4n) is 3.73. The van der Waals surface area contributed by atoms with Crippen molar-refractivity contribution in [3.05, 3.63) is 59.9 Å². The zero-order chi connectivity index (χ0) is 19.6. The van der Waals surface area contributed by atoms with Crippen LogP contribution >= 0.6 is 0 Å². The normalized spacial score (nSPS) is 21.2. The Balaban J connectivity index is 1.42. The average Bonchev–Trinajstić information content (AvgIpc) is 3.11. The number of carbonyl (C=O) groups is 2. The van der Waals surface area contributed by atoms with Crippen LogP contribution in [-0.2, 0) is 9.63 Å². The molecule has 28 heavy (non-hydrogen) atoms. The van der Waals surface area contributed by atoms with Crippen molar-refractivity contribution in [2.45, 2.75) is 31.8 Å². The lowest BCUT2D eigenvalue weighted by Crippen LogP contribution is -2.50. The second-order valence-corrected chi connectivity index (χ2v) is 7.38. The van der Waals surface area contributed by atoms with Crippen LogP contribution in [0.5, 0.6) is 0 Å². The smallest absolute Gasteiger partial charge is 0.273 e. The quantitative estimate of drug-likeness (QED) is 0.890. The van der Waals surface area contributed by atoms with Gasteiger partial charge >= 0.3 is 0 Å². The Labute approximate surface area is 163 Å². The zero-order valence-electron chi connectivity index (χ0n) is 15.7. The topological polar surface area (TPSA) is 83.9 Å². The van der Waals surface area contributed by atoms with Crippen LogP contribution in [0.2, 0.25) is 0 Å². The number of pyridine rings is 1. The van der Waals surface area contributed by atoms with E-state index in [4.69, 9.17) is 4.84 Å². The molecule has 1 atom stereocenters. The Morgan fingerprint density at radius 3 is 2.93 bits per heavy atom. The Bertz CT molecular complexity index is 928. The molecule has 0 bridgehead atoms. The van der Waals surface area contributed by atoms with Crippen molar-refractivity contribution in [2.24, 2.45) is 5.16 Å². The number of nitrogens with one attached hydrogen (secondary N) is 1. The second kappa shape index (κ2) is 7.42. The molecular weight excluding hydrogens is 356 g/mol. The molecule has 1 unspecified atom stereocenters. The molecule has 2 aromatic rings. The number of hydrogen-bond donors (Lipinski definition) is 1. The summed E-state index contributed by atoms with van der Waals surface area (Å²) in [6.07, 6.45) is 5.18. The Morgan fingerprint density at radius 1 is 1.25 bits per heavy atom. The van der Waals surface area contributed by atoms with Gasteiger partial charge in [0.1, 0.15) is 5.71 Å². The third-order valence-electron chi connectivity index (χ3n) is 5.11. The summed E-state index contributed by atoms with van der Waals surface area (Å²) in [7, 11) is 0. The first kappa shape index (κ1) is 18.2. The van der Waals surface area contributed by atoms with E-state index in [1.54, 1.807) is 29.4 Å². The lowest BCUT2D eigenvalue weighted by molar-refractivity contribution is -0.110. The van der Waals surface area contributed by atoms with Gasteiger partial charge in [0, 0.05) is 24.7 Å². The molecule has 0 aliphatic carbocycles. The van der Waals surface area contributed by atoms with E-state index in [1.807, 2.05) is 31.2 Å². The molecule has 7 heteroatoms. The van der Waals surface area contributed by atoms with Gasteiger partial charge in [-0.2, -0.15) is 0 Å². The number of likely N-dealkylation sites (tertiary alicyclic amines) is 1. The number of hydrogen-bond acceptors (Lipinski definition) is 5. The number of amides is 2. The maximum absolute atomic E-state index is 12.9. The van der Waals surface area contributed by atoms with Crippen LogP contribution in [-0.4, -0.2) is 46.1 Å². The summed E-state index contributed by atoms with van der Waals surface area (Å²) in [5, 5.41) is 6.81.